The lowest BCUT2D eigenvalue weighted by molar-refractivity contribution is -0.161. The fourth-order valence-electron chi connectivity index (χ4n) is 10.1. The predicted molar refractivity (Wildman–Crippen MR) is 349 cm³/mol. The Morgan fingerprint density at radius 2 is 0.483 bits per heavy atom. The summed E-state index contributed by atoms with van der Waals surface area (Å²) in [6, 6.07) is 0. The van der Waals surface area contributed by atoms with E-state index in [1.165, 1.54) is 135 Å². The van der Waals surface area contributed by atoms with Gasteiger partial charge in [-0.25, -0.2) is 9.13 Å². The van der Waals surface area contributed by atoms with Gasteiger partial charge in [0.05, 0.1) is 26.4 Å². The Balaban J connectivity index is 5.26. The second-order valence-electron chi connectivity index (χ2n) is 26.5. The van der Waals surface area contributed by atoms with E-state index >= 15 is 0 Å². The number of unbranched alkanes of at least 4 members (excludes halogenated alkanes) is 31. The van der Waals surface area contributed by atoms with Gasteiger partial charge in [-0.2, -0.15) is 0 Å². The van der Waals surface area contributed by atoms with Crippen LogP contribution >= 0.6 is 15.6 Å². The standard InChI is InChI=1S/C68H132O17P2/c1-58(2)44-36-28-20-12-9-10-14-26-34-42-50-67(72)84-63(54-78-65(70)48-40-32-24-15-11-13-21-29-37-45-59(3)4)56-82-86(74,75)80-52-62(69)53-81-87(76,77)83-57-64(85-68(73)51-43-35-27-19-17-23-31-39-47-61(7)8)55-79-66(71)49-41-33-25-18-16-22-30-38-46-60(5)6/h58-64,69H,9-57H2,1-8H3,(H,74,75)(H,76,77)/t62?,63-,64-/m1/s1. The van der Waals surface area contributed by atoms with Crippen molar-refractivity contribution in [1.29, 1.82) is 0 Å². The van der Waals surface area contributed by atoms with Gasteiger partial charge in [-0.15, -0.1) is 0 Å². The first-order chi connectivity index (χ1) is 41.6. The van der Waals surface area contributed by atoms with Crippen LogP contribution in [0.25, 0.3) is 0 Å². The summed E-state index contributed by atoms with van der Waals surface area (Å²) in [5.74, 6) is 0.807. The van der Waals surface area contributed by atoms with Crippen molar-refractivity contribution < 1.29 is 80.2 Å². The van der Waals surface area contributed by atoms with Crippen molar-refractivity contribution in [3.05, 3.63) is 0 Å². The lowest BCUT2D eigenvalue weighted by atomic mass is 10.0. The molecule has 0 aliphatic heterocycles. The molecule has 17 nitrogen and oxygen atoms in total. The van der Waals surface area contributed by atoms with E-state index in [1.807, 2.05) is 0 Å². The van der Waals surface area contributed by atoms with Crippen LogP contribution in [-0.4, -0.2) is 96.7 Å². The number of phosphoric ester groups is 2. The molecule has 0 aliphatic carbocycles. The third-order valence-corrected chi connectivity index (χ3v) is 17.5. The molecule has 5 atom stereocenters. The maximum Gasteiger partial charge on any atom is 0.472 e. The quantitative estimate of drug-likeness (QED) is 0.0222. The first-order valence-corrected chi connectivity index (χ1v) is 38.2. The second-order valence-corrected chi connectivity index (χ2v) is 29.4. The van der Waals surface area contributed by atoms with Crippen LogP contribution in [0.4, 0.5) is 0 Å². The van der Waals surface area contributed by atoms with Gasteiger partial charge < -0.3 is 33.8 Å². The number of carbonyl (C=O) groups is 4. The summed E-state index contributed by atoms with van der Waals surface area (Å²) in [5.41, 5.74) is 0. The monoisotopic (exact) mass is 1280 g/mol. The number of aliphatic hydroxyl groups excluding tert-OH is 1. The molecule has 0 aromatic carbocycles. The first-order valence-electron chi connectivity index (χ1n) is 35.2. The average molecular weight is 1280 g/mol. The molecule has 0 saturated heterocycles. The van der Waals surface area contributed by atoms with Crippen LogP contribution in [0, 0.1) is 23.7 Å². The molecular weight excluding hydrogens is 1150 g/mol. The van der Waals surface area contributed by atoms with Crippen molar-refractivity contribution in [2.45, 2.75) is 350 Å². The molecule has 3 unspecified atom stereocenters. The zero-order valence-electron chi connectivity index (χ0n) is 56.6. The van der Waals surface area contributed by atoms with E-state index in [-0.39, 0.29) is 25.7 Å². The van der Waals surface area contributed by atoms with Crippen molar-refractivity contribution in [3.63, 3.8) is 0 Å². The highest BCUT2D eigenvalue weighted by Crippen LogP contribution is 2.45. The first kappa shape index (κ1) is 85.1. The molecule has 0 rings (SSSR count). The minimum absolute atomic E-state index is 0.103. The minimum atomic E-state index is -4.95. The number of hydrogen-bond donors (Lipinski definition) is 3. The van der Waals surface area contributed by atoms with Gasteiger partial charge in [-0.05, 0) is 49.4 Å². The van der Waals surface area contributed by atoms with E-state index in [0.717, 1.165) is 114 Å². The van der Waals surface area contributed by atoms with Crippen LogP contribution in [0.15, 0.2) is 0 Å². The molecule has 0 aromatic rings. The Morgan fingerprint density at radius 3 is 0.713 bits per heavy atom. The van der Waals surface area contributed by atoms with Crippen molar-refractivity contribution in [2.75, 3.05) is 39.6 Å². The second kappa shape index (κ2) is 57.9. The van der Waals surface area contributed by atoms with Gasteiger partial charge in [0.15, 0.2) is 12.2 Å². The van der Waals surface area contributed by atoms with E-state index in [4.69, 9.17) is 37.0 Å². The summed E-state index contributed by atoms with van der Waals surface area (Å²) in [7, 11) is -9.90. The van der Waals surface area contributed by atoms with E-state index in [9.17, 15) is 43.2 Å². The smallest absolute Gasteiger partial charge is 0.462 e. The van der Waals surface area contributed by atoms with E-state index < -0.39 is 97.5 Å². The molecule has 0 saturated carbocycles. The Labute approximate surface area is 530 Å². The number of aliphatic hydroxyl groups is 1. The van der Waals surface area contributed by atoms with Crippen LogP contribution in [0.3, 0.4) is 0 Å². The van der Waals surface area contributed by atoms with Crippen LogP contribution in [0.5, 0.6) is 0 Å². The Kier molecular flexibility index (Phi) is 56.6. The molecule has 0 amide bonds. The molecule has 0 spiro atoms. The van der Waals surface area contributed by atoms with Crippen LogP contribution < -0.4 is 0 Å². The predicted octanol–water partition coefficient (Wildman–Crippen LogP) is 18.9. The van der Waals surface area contributed by atoms with Gasteiger partial charge in [0, 0.05) is 25.7 Å². The molecule has 0 heterocycles. The number of carbonyl (C=O) groups excluding carboxylic acids is 4. The van der Waals surface area contributed by atoms with Crippen LogP contribution in [0.1, 0.15) is 331 Å². The zero-order chi connectivity index (χ0) is 64.7. The summed E-state index contributed by atoms with van der Waals surface area (Å²) >= 11 is 0. The number of hydrogen-bond acceptors (Lipinski definition) is 15. The van der Waals surface area contributed by atoms with Crippen molar-refractivity contribution in [1.82, 2.24) is 0 Å². The van der Waals surface area contributed by atoms with E-state index in [1.54, 1.807) is 0 Å². The fourth-order valence-corrected chi connectivity index (χ4v) is 11.7. The van der Waals surface area contributed by atoms with Gasteiger partial charge in [0.25, 0.3) is 0 Å². The lowest BCUT2D eigenvalue weighted by Crippen LogP contribution is -2.30. The summed E-state index contributed by atoms with van der Waals surface area (Å²) in [5, 5.41) is 10.6. The van der Waals surface area contributed by atoms with Crippen molar-refractivity contribution >= 4 is 39.5 Å². The largest absolute Gasteiger partial charge is 0.472 e. The van der Waals surface area contributed by atoms with Gasteiger partial charge in [0.1, 0.15) is 19.3 Å². The fraction of sp³-hybridized carbons (Fsp3) is 0.941. The van der Waals surface area contributed by atoms with Gasteiger partial charge >= 0.3 is 39.5 Å². The highest BCUT2D eigenvalue weighted by atomic mass is 31.2. The molecule has 87 heavy (non-hydrogen) atoms. The number of rotatable bonds is 65. The minimum Gasteiger partial charge on any atom is -0.462 e. The number of esters is 4. The van der Waals surface area contributed by atoms with Crippen LogP contribution in [0.2, 0.25) is 0 Å². The normalized spacial score (nSPS) is 14.3. The molecule has 516 valence electrons. The summed E-state index contributed by atoms with van der Waals surface area (Å²) in [4.78, 5) is 72.4. The SMILES string of the molecule is CC(C)CCCCCCCCCCCCC(=O)O[C@H](COC(=O)CCCCCCCCCCCC(C)C)COP(=O)(O)OCC(O)COP(=O)(O)OC[C@@H](COC(=O)CCCCCCCCCCC(C)C)OC(=O)CCCCCCCCCCC(C)C. The molecule has 0 fully saturated rings. The molecule has 0 radical (unpaired) electrons. The maximum atomic E-state index is 13.0. The number of ether oxygens (including phenoxy) is 4. The van der Waals surface area contributed by atoms with E-state index in [0.29, 0.717) is 25.7 Å². The van der Waals surface area contributed by atoms with Gasteiger partial charge in [-0.1, -0.05) is 280 Å². The van der Waals surface area contributed by atoms with Gasteiger partial charge in [0.2, 0.25) is 0 Å². The third-order valence-electron chi connectivity index (χ3n) is 15.6. The van der Waals surface area contributed by atoms with Crippen molar-refractivity contribution in [3.8, 4) is 0 Å². The molecule has 3 N–H and O–H groups in total. The van der Waals surface area contributed by atoms with Crippen molar-refractivity contribution in [2.24, 2.45) is 23.7 Å². The Bertz CT molecular complexity index is 1730. The summed E-state index contributed by atoms with van der Waals surface area (Å²) in [6.07, 6.45) is 39.0. The molecule has 19 heteroatoms. The average Bonchev–Trinajstić information content (AvgIpc) is 3.67. The maximum absolute atomic E-state index is 13.0. The van der Waals surface area contributed by atoms with E-state index in [2.05, 4.69) is 55.4 Å². The Morgan fingerprint density at radius 1 is 0.287 bits per heavy atom. The summed E-state index contributed by atoms with van der Waals surface area (Å²) < 4.78 is 68.2. The Hall–Kier alpha value is -1.94. The molecule has 0 aromatic heterocycles. The summed E-state index contributed by atoms with van der Waals surface area (Å²) in [6.45, 7) is 14.0. The topological polar surface area (TPSA) is 237 Å². The third kappa shape index (κ3) is 62.6. The zero-order valence-corrected chi connectivity index (χ0v) is 58.4. The molecule has 0 bridgehead atoms. The van der Waals surface area contributed by atoms with Crippen LogP contribution in [-0.2, 0) is 65.4 Å². The molecular formula is C68H132O17P2. The van der Waals surface area contributed by atoms with Gasteiger partial charge in [-0.3, -0.25) is 37.3 Å². The highest BCUT2D eigenvalue weighted by molar-refractivity contribution is 7.47. The number of phosphoric acid groups is 2. The molecule has 0 aliphatic rings. The lowest BCUT2D eigenvalue weighted by Gasteiger charge is -2.21. The highest BCUT2D eigenvalue weighted by Gasteiger charge is 2.30.